The van der Waals surface area contributed by atoms with Crippen LogP contribution < -0.4 is 0 Å². The number of halogens is 2. The average molecular weight is 416 g/mol. The van der Waals surface area contributed by atoms with E-state index >= 15 is 0 Å². The molecule has 25 heavy (non-hydrogen) atoms. The van der Waals surface area contributed by atoms with Crippen LogP contribution in [0.15, 0.2) is 65.8 Å². The molecule has 1 aromatic heterocycles. The fourth-order valence-corrected chi connectivity index (χ4v) is 3.71. The first-order chi connectivity index (χ1) is 12.1. The number of oxime groups is 1. The van der Waals surface area contributed by atoms with Gasteiger partial charge in [0.05, 0.1) is 5.52 Å². The van der Waals surface area contributed by atoms with Crippen LogP contribution in [0, 0.1) is 5.92 Å². The van der Waals surface area contributed by atoms with E-state index in [1.165, 1.54) is 0 Å². The quantitative estimate of drug-likeness (QED) is 0.438. The molecule has 0 bridgehead atoms. The standard InChI is InChI=1S/C19H12BrClN2O2/c20-18-15(16(24)11-6-2-1-3-7-11)17(25-23-18)13-10-12-8-4-5-9-14(12)22-19(13)21/h1-10,15,17H/t15-,17-/m1/s1. The second-order valence-electron chi connectivity index (χ2n) is 5.71. The third-order valence-corrected chi connectivity index (χ3v) is 5.11. The average Bonchev–Trinajstić information content (AvgIpc) is 3.02. The Morgan fingerprint density at radius 1 is 1.08 bits per heavy atom. The number of nitrogens with zero attached hydrogens (tertiary/aromatic N) is 2. The minimum absolute atomic E-state index is 0.0806. The number of carbonyl (C=O) groups is 1. The minimum atomic E-state index is -0.619. The third-order valence-electron chi connectivity index (χ3n) is 4.16. The zero-order valence-electron chi connectivity index (χ0n) is 12.9. The molecule has 2 heterocycles. The van der Waals surface area contributed by atoms with E-state index in [-0.39, 0.29) is 5.78 Å². The number of benzene rings is 2. The third kappa shape index (κ3) is 2.94. The molecule has 0 N–H and O–H groups in total. The van der Waals surface area contributed by atoms with Crippen LogP contribution in [0.3, 0.4) is 0 Å². The molecule has 0 fully saturated rings. The zero-order valence-corrected chi connectivity index (χ0v) is 15.2. The minimum Gasteiger partial charge on any atom is -0.386 e. The molecule has 1 aliphatic heterocycles. The molecule has 4 nitrogen and oxygen atoms in total. The molecule has 0 unspecified atom stereocenters. The van der Waals surface area contributed by atoms with Crippen molar-refractivity contribution < 1.29 is 9.63 Å². The molecule has 4 rings (SSSR count). The molecule has 6 heteroatoms. The van der Waals surface area contributed by atoms with Gasteiger partial charge in [-0.3, -0.25) is 4.79 Å². The van der Waals surface area contributed by atoms with E-state index in [0.29, 0.717) is 20.9 Å². The van der Waals surface area contributed by atoms with E-state index < -0.39 is 12.0 Å². The van der Waals surface area contributed by atoms with E-state index in [0.717, 1.165) is 10.9 Å². The van der Waals surface area contributed by atoms with Crippen molar-refractivity contribution >= 4 is 48.8 Å². The Hall–Kier alpha value is -2.24. The molecule has 0 spiro atoms. The molecule has 2 aromatic carbocycles. The van der Waals surface area contributed by atoms with Crippen molar-refractivity contribution in [2.45, 2.75) is 6.10 Å². The fourth-order valence-electron chi connectivity index (χ4n) is 2.92. The van der Waals surface area contributed by atoms with Gasteiger partial charge in [0, 0.05) is 16.5 Å². The number of aromatic nitrogens is 1. The monoisotopic (exact) mass is 414 g/mol. The highest BCUT2D eigenvalue weighted by Crippen LogP contribution is 2.40. The molecule has 3 aromatic rings. The van der Waals surface area contributed by atoms with Gasteiger partial charge in [0.25, 0.3) is 0 Å². The molecule has 0 radical (unpaired) electrons. The molecule has 0 aliphatic carbocycles. The van der Waals surface area contributed by atoms with E-state index in [9.17, 15) is 4.79 Å². The molecule has 0 saturated heterocycles. The number of para-hydroxylation sites is 1. The number of ketones is 1. The summed E-state index contributed by atoms with van der Waals surface area (Å²) in [4.78, 5) is 22.9. The smallest absolute Gasteiger partial charge is 0.176 e. The van der Waals surface area contributed by atoms with Gasteiger partial charge in [-0.15, -0.1) is 0 Å². The number of rotatable bonds is 3. The van der Waals surface area contributed by atoms with Gasteiger partial charge in [-0.25, -0.2) is 4.98 Å². The highest BCUT2D eigenvalue weighted by Gasteiger charge is 2.41. The summed E-state index contributed by atoms with van der Waals surface area (Å²) in [5.74, 6) is -0.675. The van der Waals surface area contributed by atoms with Crippen molar-refractivity contribution in [3.63, 3.8) is 0 Å². The number of hydrogen-bond acceptors (Lipinski definition) is 4. The van der Waals surface area contributed by atoms with Crippen molar-refractivity contribution in [1.82, 2.24) is 4.98 Å². The number of fused-ring (bicyclic) bond motifs is 1. The number of hydrogen-bond donors (Lipinski definition) is 0. The van der Waals surface area contributed by atoms with Gasteiger partial charge in [-0.2, -0.15) is 0 Å². The van der Waals surface area contributed by atoms with Gasteiger partial charge >= 0.3 is 0 Å². The Balaban J connectivity index is 1.77. The first-order valence-electron chi connectivity index (χ1n) is 7.69. The van der Waals surface area contributed by atoms with Crippen LogP contribution in [0.5, 0.6) is 0 Å². The Labute approximate surface area is 157 Å². The lowest BCUT2D eigenvalue weighted by atomic mass is 9.90. The highest BCUT2D eigenvalue weighted by molar-refractivity contribution is 9.18. The summed E-state index contributed by atoms with van der Waals surface area (Å²) < 4.78 is 0.454. The van der Waals surface area contributed by atoms with E-state index in [1.54, 1.807) is 12.1 Å². The lowest BCUT2D eigenvalue weighted by Gasteiger charge is -2.18. The summed E-state index contributed by atoms with van der Waals surface area (Å²) in [5.41, 5.74) is 2.04. The van der Waals surface area contributed by atoms with Gasteiger partial charge in [0.1, 0.15) is 15.7 Å². The van der Waals surface area contributed by atoms with Gasteiger partial charge < -0.3 is 4.84 Å². The van der Waals surface area contributed by atoms with Crippen LogP contribution in [0.2, 0.25) is 5.15 Å². The summed E-state index contributed by atoms with van der Waals surface area (Å²) in [6.45, 7) is 0. The summed E-state index contributed by atoms with van der Waals surface area (Å²) >= 11 is 9.73. The van der Waals surface area contributed by atoms with Crippen molar-refractivity contribution in [1.29, 1.82) is 0 Å². The van der Waals surface area contributed by atoms with Crippen LogP contribution in [-0.4, -0.2) is 15.4 Å². The molecule has 0 saturated carbocycles. The molecular formula is C19H12BrClN2O2. The molecular weight excluding hydrogens is 404 g/mol. The zero-order chi connectivity index (χ0) is 17.4. The number of Topliss-reactive ketones (excluding diaryl/α,β-unsaturated/α-hetero) is 1. The second-order valence-corrected chi connectivity index (χ2v) is 6.88. The predicted octanol–water partition coefficient (Wildman–Crippen LogP) is 5.17. The summed E-state index contributed by atoms with van der Waals surface area (Å²) in [5, 5.41) is 5.21. The van der Waals surface area contributed by atoms with Gasteiger partial charge in [0.15, 0.2) is 11.9 Å². The van der Waals surface area contributed by atoms with E-state index in [4.69, 9.17) is 16.4 Å². The lowest BCUT2D eigenvalue weighted by Crippen LogP contribution is -2.24. The topological polar surface area (TPSA) is 51.5 Å². The fraction of sp³-hybridized carbons (Fsp3) is 0.105. The summed E-state index contributed by atoms with van der Waals surface area (Å²) in [6, 6.07) is 18.6. The van der Waals surface area contributed by atoms with Crippen molar-refractivity contribution in [2.24, 2.45) is 11.1 Å². The molecule has 0 amide bonds. The predicted molar refractivity (Wildman–Crippen MR) is 101 cm³/mol. The Kier molecular flexibility index (Phi) is 4.27. The second kappa shape index (κ2) is 6.58. The highest BCUT2D eigenvalue weighted by atomic mass is 79.9. The first kappa shape index (κ1) is 16.2. The van der Waals surface area contributed by atoms with E-state index in [1.807, 2.05) is 48.5 Å². The van der Waals surface area contributed by atoms with Crippen LogP contribution in [0.1, 0.15) is 22.0 Å². The maximum Gasteiger partial charge on any atom is 0.176 e. The number of pyridine rings is 1. The normalized spacial score (nSPS) is 19.5. The summed E-state index contributed by atoms with van der Waals surface area (Å²) in [6.07, 6.45) is -0.619. The van der Waals surface area contributed by atoms with Crippen LogP contribution in [0.4, 0.5) is 0 Å². The lowest BCUT2D eigenvalue weighted by molar-refractivity contribution is 0.0533. The first-order valence-corrected chi connectivity index (χ1v) is 8.86. The van der Waals surface area contributed by atoms with Gasteiger partial charge in [-0.1, -0.05) is 65.3 Å². The van der Waals surface area contributed by atoms with Crippen LogP contribution in [0.25, 0.3) is 10.9 Å². The van der Waals surface area contributed by atoms with Gasteiger partial charge in [-0.05, 0) is 28.1 Å². The Bertz CT molecular complexity index is 991. The molecule has 1 aliphatic rings. The van der Waals surface area contributed by atoms with Crippen molar-refractivity contribution in [3.8, 4) is 0 Å². The van der Waals surface area contributed by atoms with Crippen LogP contribution >= 0.6 is 27.5 Å². The SMILES string of the molecule is O=C(c1ccccc1)[C@H]1C(Br)=NO[C@@H]1c1cc2ccccc2nc1Cl. The number of carbonyl (C=O) groups excluding carboxylic acids is 1. The molecule has 124 valence electrons. The Morgan fingerprint density at radius 3 is 2.60 bits per heavy atom. The van der Waals surface area contributed by atoms with Gasteiger partial charge in [0.2, 0.25) is 0 Å². The van der Waals surface area contributed by atoms with Crippen LogP contribution in [-0.2, 0) is 4.84 Å². The Morgan fingerprint density at radius 2 is 1.80 bits per heavy atom. The van der Waals surface area contributed by atoms with Crippen molar-refractivity contribution in [2.75, 3.05) is 0 Å². The van der Waals surface area contributed by atoms with E-state index in [2.05, 4.69) is 26.1 Å². The molecule has 2 atom stereocenters. The summed E-state index contributed by atoms with van der Waals surface area (Å²) in [7, 11) is 0. The van der Waals surface area contributed by atoms with Crippen molar-refractivity contribution in [3.05, 3.63) is 76.9 Å². The largest absolute Gasteiger partial charge is 0.386 e. The maximum atomic E-state index is 13.0. The maximum absolute atomic E-state index is 13.0.